The Labute approximate surface area is 65.5 Å². The molecule has 0 radical (unpaired) electrons. The number of hydrogen-bond acceptors (Lipinski definition) is 1. The van der Waals surface area contributed by atoms with E-state index in [0.29, 0.717) is 5.92 Å². The molecule has 1 saturated heterocycles. The van der Waals surface area contributed by atoms with Gasteiger partial charge in [-0.05, 0) is 23.9 Å². The minimum Gasteiger partial charge on any atom is -0.329 e. The maximum Gasteiger partial charge on any atom is 0.316 e. The van der Waals surface area contributed by atoms with E-state index in [1.165, 1.54) is 0 Å². The summed E-state index contributed by atoms with van der Waals surface area (Å²) >= 11 is 5.26. The van der Waals surface area contributed by atoms with Crippen LogP contribution in [0.4, 0.5) is 4.79 Å². The second kappa shape index (κ2) is 3.06. The highest BCUT2D eigenvalue weighted by Crippen LogP contribution is 2.17. The Morgan fingerprint density at radius 3 is 2.80 bits per heavy atom. The molecule has 0 saturated carbocycles. The molecule has 1 aliphatic rings. The predicted octanol–water partition coefficient (Wildman–Crippen LogP) is 1.85. The van der Waals surface area contributed by atoms with E-state index in [-0.39, 0.29) is 5.37 Å². The van der Waals surface area contributed by atoms with E-state index in [4.69, 9.17) is 11.6 Å². The molecule has 0 aliphatic carbocycles. The van der Waals surface area contributed by atoms with E-state index in [0.717, 1.165) is 19.5 Å². The Kier molecular flexibility index (Phi) is 2.33. The van der Waals surface area contributed by atoms with Gasteiger partial charge in [0, 0.05) is 13.1 Å². The minimum absolute atomic E-state index is 0.343. The highest BCUT2D eigenvalue weighted by molar-refractivity contribution is 6.62. The van der Waals surface area contributed by atoms with E-state index >= 15 is 0 Å². The van der Waals surface area contributed by atoms with Crippen LogP contribution in [0, 0.1) is 5.92 Å². The summed E-state index contributed by atoms with van der Waals surface area (Å²) in [6.07, 6.45) is 2.88. The molecule has 0 aromatic carbocycles. The highest BCUT2D eigenvalue weighted by Gasteiger charge is 2.22. The number of nitrogens with zero attached hydrogens (tertiary/aromatic N) is 1. The van der Waals surface area contributed by atoms with Crippen molar-refractivity contribution in [2.24, 2.45) is 5.92 Å². The predicted molar refractivity (Wildman–Crippen MR) is 41.1 cm³/mol. The van der Waals surface area contributed by atoms with Gasteiger partial charge in [-0.15, -0.1) is 6.58 Å². The van der Waals surface area contributed by atoms with Crippen molar-refractivity contribution in [1.82, 2.24) is 4.90 Å². The third kappa shape index (κ3) is 1.51. The molecule has 1 aliphatic heterocycles. The van der Waals surface area contributed by atoms with Gasteiger partial charge in [-0.25, -0.2) is 0 Å². The number of carbonyl (C=O) groups excluding carboxylic acids is 1. The Morgan fingerprint density at radius 2 is 2.50 bits per heavy atom. The lowest BCUT2D eigenvalue weighted by atomic mass is 10.1. The molecule has 10 heavy (non-hydrogen) atoms. The van der Waals surface area contributed by atoms with Gasteiger partial charge in [-0.1, -0.05) is 6.08 Å². The first-order valence-electron chi connectivity index (χ1n) is 3.31. The largest absolute Gasteiger partial charge is 0.329 e. The third-order valence-corrected chi connectivity index (χ3v) is 2.05. The fraction of sp³-hybridized carbons (Fsp3) is 0.571. The summed E-state index contributed by atoms with van der Waals surface area (Å²) in [4.78, 5) is 12.2. The number of carbonyl (C=O) groups is 1. The van der Waals surface area contributed by atoms with Gasteiger partial charge in [0.15, 0.2) is 0 Å². The van der Waals surface area contributed by atoms with Crippen molar-refractivity contribution in [3.63, 3.8) is 0 Å². The van der Waals surface area contributed by atoms with Crippen LogP contribution in [0.1, 0.15) is 6.42 Å². The van der Waals surface area contributed by atoms with Crippen LogP contribution in [0.2, 0.25) is 0 Å². The smallest absolute Gasteiger partial charge is 0.316 e. The van der Waals surface area contributed by atoms with Gasteiger partial charge in [0.05, 0.1) is 0 Å². The fourth-order valence-electron chi connectivity index (χ4n) is 1.14. The monoisotopic (exact) mass is 159 g/mol. The summed E-state index contributed by atoms with van der Waals surface area (Å²) in [5.41, 5.74) is 0. The number of rotatable bonds is 1. The topological polar surface area (TPSA) is 20.3 Å². The molecule has 1 unspecified atom stereocenters. The second-order valence-corrected chi connectivity index (χ2v) is 2.81. The summed E-state index contributed by atoms with van der Waals surface area (Å²) < 4.78 is 0. The maximum atomic E-state index is 10.6. The van der Waals surface area contributed by atoms with Crippen molar-refractivity contribution >= 4 is 17.0 Å². The summed E-state index contributed by atoms with van der Waals surface area (Å²) in [7, 11) is 0. The molecule has 2 nitrogen and oxygen atoms in total. The van der Waals surface area contributed by atoms with E-state index in [9.17, 15) is 4.79 Å². The van der Waals surface area contributed by atoms with Crippen LogP contribution in [-0.2, 0) is 0 Å². The van der Waals surface area contributed by atoms with Gasteiger partial charge in [-0.2, -0.15) is 0 Å². The molecule has 0 bridgehead atoms. The molecule has 0 spiro atoms. The molecule has 0 aromatic heterocycles. The third-order valence-electron chi connectivity index (χ3n) is 1.81. The standard InChI is InChI=1S/C7H10ClNO/c1-2-6-3-4-9(5-6)7(8)10/h2,6H,1,3-5H2. The molecule has 1 fully saturated rings. The molecule has 56 valence electrons. The van der Waals surface area contributed by atoms with Crippen LogP contribution in [0.5, 0.6) is 0 Å². The Bertz CT molecular complexity index is 158. The van der Waals surface area contributed by atoms with E-state index in [2.05, 4.69) is 6.58 Å². The SMILES string of the molecule is C=CC1CCN(C(=O)Cl)C1. The normalized spacial score (nSPS) is 24.9. The van der Waals surface area contributed by atoms with Crippen molar-refractivity contribution in [2.75, 3.05) is 13.1 Å². The molecular formula is C7H10ClNO. The van der Waals surface area contributed by atoms with Crippen molar-refractivity contribution in [2.45, 2.75) is 6.42 Å². The first kappa shape index (κ1) is 7.61. The summed E-state index contributed by atoms with van der Waals surface area (Å²) in [5, 5.41) is -0.343. The van der Waals surface area contributed by atoms with Crippen LogP contribution in [0.25, 0.3) is 0 Å². The molecule has 3 heteroatoms. The van der Waals surface area contributed by atoms with E-state index in [1.807, 2.05) is 6.08 Å². The van der Waals surface area contributed by atoms with Crippen molar-refractivity contribution in [3.05, 3.63) is 12.7 Å². The average Bonchev–Trinajstić information content (AvgIpc) is 2.34. The highest BCUT2D eigenvalue weighted by atomic mass is 35.5. The van der Waals surface area contributed by atoms with Gasteiger partial charge in [-0.3, -0.25) is 4.79 Å². The molecule has 0 aromatic rings. The molecule has 1 atom stereocenters. The van der Waals surface area contributed by atoms with Gasteiger partial charge in [0.1, 0.15) is 0 Å². The molecule has 1 amide bonds. The Morgan fingerprint density at radius 1 is 1.80 bits per heavy atom. The maximum absolute atomic E-state index is 10.6. The van der Waals surface area contributed by atoms with Crippen molar-refractivity contribution < 1.29 is 4.79 Å². The fourth-order valence-corrected chi connectivity index (χ4v) is 1.29. The van der Waals surface area contributed by atoms with Crippen LogP contribution >= 0.6 is 11.6 Å². The Balaban J connectivity index is 2.42. The van der Waals surface area contributed by atoms with Gasteiger partial charge in [0.25, 0.3) is 0 Å². The summed E-state index contributed by atoms with van der Waals surface area (Å²) in [5.74, 6) is 0.447. The van der Waals surface area contributed by atoms with Gasteiger partial charge >= 0.3 is 5.37 Å². The molecule has 1 rings (SSSR count). The van der Waals surface area contributed by atoms with Gasteiger partial charge < -0.3 is 4.90 Å². The van der Waals surface area contributed by atoms with Crippen molar-refractivity contribution in [1.29, 1.82) is 0 Å². The lowest BCUT2D eigenvalue weighted by molar-refractivity contribution is 0.231. The van der Waals surface area contributed by atoms with E-state index < -0.39 is 0 Å². The van der Waals surface area contributed by atoms with Crippen LogP contribution in [-0.4, -0.2) is 23.4 Å². The first-order chi connectivity index (χ1) is 4.74. The average molecular weight is 160 g/mol. The number of amides is 1. The quantitative estimate of drug-likeness (QED) is 0.325. The van der Waals surface area contributed by atoms with Gasteiger partial charge in [0.2, 0.25) is 0 Å². The summed E-state index contributed by atoms with van der Waals surface area (Å²) in [6, 6.07) is 0. The zero-order valence-corrected chi connectivity index (χ0v) is 6.47. The number of hydrogen-bond donors (Lipinski definition) is 0. The lowest BCUT2D eigenvalue weighted by Crippen LogP contribution is -2.22. The number of halogens is 1. The number of likely N-dealkylation sites (tertiary alicyclic amines) is 1. The van der Waals surface area contributed by atoms with E-state index in [1.54, 1.807) is 4.90 Å². The first-order valence-corrected chi connectivity index (χ1v) is 3.69. The second-order valence-electron chi connectivity index (χ2n) is 2.48. The molecule has 0 N–H and O–H groups in total. The molecular weight excluding hydrogens is 150 g/mol. The summed E-state index contributed by atoms with van der Waals surface area (Å²) in [6.45, 7) is 5.17. The van der Waals surface area contributed by atoms with Crippen LogP contribution in [0.15, 0.2) is 12.7 Å². The Hall–Kier alpha value is -0.500. The lowest BCUT2D eigenvalue weighted by Gasteiger charge is -2.09. The zero-order valence-electron chi connectivity index (χ0n) is 5.72. The zero-order chi connectivity index (χ0) is 7.56. The minimum atomic E-state index is -0.343. The van der Waals surface area contributed by atoms with Crippen LogP contribution < -0.4 is 0 Å². The van der Waals surface area contributed by atoms with Crippen LogP contribution in [0.3, 0.4) is 0 Å². The van der Waals surface area contributed by atoms with Crippen molar-refractivity contribution in [3.8, 4) is 0 Å². The molecule has 1 heterocycles.